The summed E-state index contributed by atoms with van der Waals surface area (Å²) in [5.74, 6) is 0. The van der Waals surface area contributed by atoms with E-state index >= 15 is 0 Å². The highest BCUT2D eigenvalue weighted by atomic mass is 15.3. The van der Waals surface area contributed by atoms with E-state index in [1.807, 2.05) is 10.9 Å². The SMILES string of the molecule is CCCNc1cnn(C(C)(C)C)c1. The van der Waals surface area contributed by atoms with E-state index in [1.165, 1.54) is 0 Å². The molecule has 1 aromatic heterocycles. The van der Waals surface area contributed by atoms with E-state index in [4.69, 9.17) is 0 Å². The summed E-state index contributed by atoms with van der Waals surface area (Å²) in [4.78, 5) is 0. The van der Waals surface area contributed by atoms with Crippen LogP contribution in [0.5, 0.6) is 0 Å². The van der Waals surface area contributed by atoms with E-state index in [1.54, 1.807) is 0 Å². The molecule has 1 rings (SSSR count). The van der Waals surface area contributed by atoms with Gasteiger partial charge in [-0.25, -0.2) is 0 Å². The van der Waals surface area contributed by atoms with Gasteiger partial charge in [-0.3, -0.25) is 4.68 Å². The standard InChI is InChI=1S/C10H19N3/c1-5-6-11-9-7-12-13(8-9)10(2,3)4/h7-8,11H,5-6H2,1-4H3. The Morgan fingerprint density at radius 2 is 2.15 bits per heavy atom. The lowest BCUT2D eigenvalue weighted by molar-refractivity contribution is 0.355. The normalized spacial score (nSPS) is 11.7. The summed E-state index contributed by atoms with van der Waals surface area (Å²) >= 11 is 0. The Balaban J connectivity index is 2.64. The van der Waals surface area contributed by atoms with E-state index < -0.39 is 0 Å². The second kappa shape index (κ2) is 3.81. The van der Waals surface area contributed by atoms with Crippen LogP contribution < -0.4 is 5.32 Å². The van der Waals surface area contributed by atoms with Gasteiger partial charge in [-0.2, -0.15) is 5.10 Å². The number of nitrogens with zero attached hydrogens (tertiary/aromatic N) is 2. The van der Waals surface area contributed by atoms with Crippen molar-refractivity contribution in [3.63, 3.8) is 0 Å². The zero-order chi connectivity index (χ0) is 9.90. The molecule has 0 amide bonds. The number of anilines is 1. The van der Waals surface area contributed by atoms with Gasteiger partial charge in [0.05, 0.1) is 17.4 Å². The van der Waals surface area contributed by atoms with Gasteiger partial charge < -0.3 is 5.32 Å². The molecule has 0 aliphatic carbocycles. The topological polar surface area (TPSA) is 29.9 Å². The van der Waals surface area contributed by atoms with Crippen LogP contribution in [0.3, 0.4) is 0 Å². The van der Waals surface area contributed by atoms with Crippen molar-refractivity contribution in [1.29, 1.82) is 0 Å². The average molecular weight is 181 g/mol. The van der Waals surface area contributed by atoms with Crippen molar-refractivity contribution in [2.24, 2.45) is 0 Å². The Labute approximate surface area is 80.1 Å². The van der Waals surface area contributed by atoms with Crippen LogP contribution in [0.4, 0.5) is 5.69 Å². The summed E-state index contributed by atoms with van der Waals surface area (Å²) in [6.07, 6.45) is 5.07. The fourth-order valence-electron chi connectivity index (χ4n) is 1.05. The van der Waals surface area contributed by atoms with Gasteiger partial charge in [0.1, 0.15) is 0 Å². The number of nitrogens with one attached hydrogen (secondary N) is 1. The summed E-state index contributed by atoms with van der Waals surface area (Å²) < 4.78 is 1.98. The molecule has 0 fully saturated rings. The number of aromatic nitrogens is 2. The Kier molecular flexibility index (Phi) is 2.96. The minimum absolute atomic E-state index is 0.0755. The highest BCUT2D eigenvalue weighted by molar-refractivity contribution is 5.38. The highest BCUT2D eigenvalue weighted by Crippen LogP contribution is 2.15. The van der Waals surface area contributed by atoms with Crippen LogP contribution in [0.25, 0.3) is 0 Å². The highest BCUT2D eigenvalue weighted by Gasteiger charge is 2.13. The summed E-state index contributed by atoms with van der Waals surface area (Å²) in [6.45, 7) is 9.59. The molecule has 0 radical (unpaired) electrons. The smallest absolute Gasteiger partial charge is 0.0726 e. The van der Waals surface area contributed by atoms with Gasteiger partial charge in [-0.1, -0.05) is 6.92 Å². The molecule has 0 atom stereocenters. The van der Waals surface area contributed by atoms with E-state index in [0.717, 1.165) is 18.7 Å². The largest absolute Gasteiger partial charge is 0.383 e. The maximum Gasteiger partial charge on any atom is 0.0726 e. The minimum Gasteiger partial charge on any atom is -0.383 e. The molecular formula is C10H19N3. The van der Waals surface area contributed by atoms with Gasteiger partial charge in [-0.15, -0.1) is 0 Å². The van der Waals surface area contributed by atoms with Gasteiger partial charge in [-0.05, 0) is 27.2 Å². The lowest BCUT2D eigenvalue weighted by Gasteiger charge is -2.18. The molecule has 0 bridgehead atoms. The van der Waals surface area contributed by atoms with Crippen molar-refractivity contribution in [1.82, 2.24) is 9.78 Å². The van der Waals surface area contributed by atoms with Crippen LogP contribution in [0.2, 0.25) is 0 Å². The fourth-order valence-corrected chi connectivity index (χ4v) is 1.05. The van der Waals surface area contributed by atoms with E-state index in [0.29, 0.717) is 0 Å². The van der Waals surface area contributed by atoms with Crippen LogP contribution in [0.1, 0.15) is 34.1 Å². The van der Waals surface area contributed by atoms with Gasteiger partial charge in [0.2, 0.25) is 0 Å². The Hall–Kier alpha value is -0.990. The second-order valence-electron chi connectivity index (χ2n) is 4.27. The van der Waals surface area contributed by atoms with Gasteiger partial charge in [0.25, 0.3) is 0 Å². The molecule has 1 aromatic rings. The molecule has 3 heteroatoms. The van der Waals surface area contributed by atoms with Crippen molar-refractivity contribution in [3.05, 3.63) is 12.4 Å². The molecule has 0 spiro atoms. The lowest BCUT2D eigenvalue weighted by atomic mass is 10.1. The van der Waals surface area contributed by atoms with E-state index in [-0.39, 0.29) is 5.54 Å². The first kappa shape index (κ1) is 10.1. The molecule has 3 nitrogen and oxygen atoms in total. The summed E-state index contributed by atoms with van der Waals surface area (Å²) in [5.41, 5.74) is 1.18. The molecule has 13 heavy (non-hydrogen) atoms. The first-order valence-corrected chi connectivity index (χ1v) is 4.83. The van der Waals surface area contributed by atoms with Crippen LogP contribution in [-0.4, -0.2) is 16.3 Å². The van der Waals surface area contributed by atoms with Crippen molar-refractivity contribution < 1.29 is 0 Å². The van der Waals surface area contributed by atoms with Crippen LogP contribution in [0, 0.1) is 0 Å². The van der Waals surface area contributed by atoms with Crippen molar-refractivity contribution in [2.75, 3.05) is 11.9 Å². The molecule has 0 saturated heterocycles. The van der Waals surface area contributed by atoms with Crippen molar-refractivity contribution in [3.8, 4) is 0 Å². The summed E-state index contributed by atoms with van der Waals surface area (Å²) in [6, 6.07) is 0. The van der Waals surface area contributed by atoms with E-state index in [2.05, 4.69) is 44.3 Å². The Bertz CT molecular complexity index is 257. The maximum atomic E-state index is 4.29. The van der Waals surface area contributed by atoms with Gasteiger partial charge >= 0.3 is 0 Å². The third-order valence-electron chi connectivity index (χ3n) is 1.85. The van der Waals surface area contributed by atoms with Gasteiger partial charge in [0.15, 0.2) is 0 Å². The first-order valence-electron chi connectivity index (χ1n) is 4.83. The molecular weight excluding hydrogens is 162 g/mol. The number of hydrogen-bond acceptors (Lipinski definition) is 2. The van der Waals surface area contributed by atoms with Crippen LogP contribution in [0.15, 0.2) is 12.4 Å². The molecule has 1 N–H and O–H groups in total. The zero-order valence-corrected chi connectivity index (χ0v) is 8.96. The summed E-state index contributed by atoms with van der Waals surface area (Å²) in [7, 11) is 0. The predicted octanol–water partition coefficient (Wildman–Crippen LogP) is 2.46. The van der Waals surface area contributed by atoms with E-state index in [9.17, 15) is 0 Å². The van der Waals surface area contributed by atoms with Crippen LogP contribution >= 0.6 is 0 Å². The number of hydrogen-bond donors (Lipinski definition) is 1. The zero-order valence-electron chi connectivity index (χ0n) is 8.96. The second-order valence-corrected chi connectivity index (χ2v) is 4.27. The van der Waals surface area contributed by atoms with Crippen LogP contribution in [-0.2, 0) is 5.54 Å². The van der Waals surface area contributed by atoms with Crippen molar-refractivity contribution >= 4 is 5.69 Å². The quantitative estimate of drug-likeness (QED) is 0.776. The first-order chi connectivity index (χ1) is 6.04. The average Bonchev–Trinajstić information content (AvgIpc) is 2.47. The minimum atomic E-state index is 0.0755. The summed E-state index contributed by atoms with van der Waals surface area (Å²) in [5, 5.41) is 7.60. The maximum absolute atomic E-state index is 4.29. The number of rotatable bonds is 3. The molecule has 1 heterocycles. The monoisotopic (exact) mass is 181 g/mol. The third-order valence-corrected chi connectivity index (χ3v) is 1.85. The third kappa shape index (κ3) is 2.76. The fraction of sp³-hybridized carbons (Fsp3) is 0.700. The lowest BCUT2D eigenvalue weighted by Crippen LogP contribution is -2.21. The Morgan fingerprint density at radius 3 is 2.62 bits per heavy atom. The van der Waals surface area contributed by atoms with Gasteiger partial charge in [0, 0.05) is 12.7 Å². The van der Waals surface area contributed by atoms with Crippen molar-refractivity contribution in [2.45, 2.75) is 39.7 Å². The predicted molar refractivity (Wildman–Crippen MR) is 56.0 cm³/mol. The molecule has 0 aliphatic rings. The molecule has 74 valence electrons. The molecule has 0 aliphatic heterocycles. The molecule has 0 unspecified atom stereocenters. The molecule has 0 saturated carbocycles. The Morgan fingerprint density at radius 1 is 1.46 bits per heavy atom. The molecule has 0 aromatic carbocycles.